The monoisotopic (exact) mass is 529 g/mol. The number of ketones is 1. The van der Waals surface area contributed by atoms with Crippen molar-refractivity contribution < 1.29 is 23.1 Å². The molecule has 1 saturated heterocycles. The molecule has 1 heterocycles. The first kappa shape index (κ1) is 22.4. The van der Waals surface area contributed by atoms with E-state index >= 15 is 0 Å². The lowest BCUT2D eigenvalue weighted by Gasteiger charge is -2.30. The second-order valence-corrected chi connectivity index (χ2v) is 8.44. The summed E-state index contributed by atoms with van der Waals surface area (Å²) < 4.78 is 35.2. The Labute approximate surface area is 186 Å². The number of hydrogen-bond acceptors (Lipinski definition) is 5. The smallest absolute Gasteiger partial charge is 0.254 e. The minimum Gasteiger partial charge on any atom is -0.481 e. The maximum atomic E-state index is 14.4. The van der Waals surface area contributed by atoms with E-state index in [0.717, 1.165) is 31.5 Å². The predicted molar refractivity (Wildman–Crippen MR) is 118 cm³/mol. The topological polar surface area (TPSA) is 93.4 Å². The van der Waals surface area contributed by atoms with Gasteiger partial charge in [-0.15, -0.1) is 0 Å². The number of rotatable bonds is 7. The lowest BCUT2D eigenvalue weighted by molar-refractivity contribution is -0.126. The molecule has 0 saturated carbocycles. The molecular formula is C21H22F2IN3O3. The highest BCUT2D eigenvalue weighted by molar-refractivity contribution is 14.1. The number of piperidine rings is 1. The summed E-state index contributed by atoms with van der Waals surface area (Å²) in [5, 5.41) is 5.92. The zero-order chi connectivity index (χ0) is 21.8. The Morgan fingerprint density at radius 3 is 2.63 bits per heavy atom. The van der Waals surface area contributed by atoms with Crippen LogP contribution in [0.3, 0.4) is 0 Å². The van der Waals surface area contributed by atoms with Crippen LogP contribution >= 0.6 is 22.6 Å². The second-order valence-electron chi connectivity index (χ2n) is 7.20. The van der Waals surface area contributed by atoms with Gasteiger partial charge in [-0.05, 0) is 73.2 Å². The molecule has 1 amide bonds. The van der Waals surface area contributed by atoms with Crippen LogP contribution in [0.2, 0.25) is 0 Å². The Hall–Kier alpha value is -2.27. The zero-order valence-corrected chi connectivity index (χ0v) is 18.5. The van der Waals surface area contributed by atoms with Crippen LogP contribution in [-0.2, 0) is 4.79 Å². The summed E-state index contributed by atoms with van der Waals surface area (Å²) in [6.07, 6.45) is 0.778. The van der Waals surface area contributed by atoms with Crippen molar-refractivity contribution in [2.45, 2.75) is 25.9 Å². The van der Waals surface area contributed by atoms with Gasteiger partial charge in [-0.1, -0.05) is 0 Å². The third-order valence-electron chi connectivity index (χ3n) is 4.93. The standard InChI is InChI=1S/C21H22F2IN3O3/c1-11(28)20(12-3-2-6-26-10-12)30-18-8-13(22)7-17(19(18)21(25)29)27-16-5-4-14(24)9-15(16)23/h4-5,7-9,12,20,26-27H,2-3,6,10H2,1H3,(H2,25,29). The number of halogens is 3. The Bertz CT molecular complexity index is 965. The van der Waals surface area contributed by atoms with Gasteiger partial charge in [0.1, 0.15) is 22.9 Å². The molecule has 3 rings (SSSR count). The fourth-order valence-electron chi connectivity index (χ4n) is 3.55. The van der Waals surface area contributed by atoms with Crippen LogP contribution < -0.4 is 21.1 Å². The highest BCUT2D eigenvalue weighted by Crippen LogP contribution is 2.33. The van der Waals surface area contributed by atoms with Crippen molar-refractivity contribution in [2.75, 3.05) is 18.4 Å². The van der Waals surface area contributed by atoms with Gasteiger partial charge in [0.05, 0.1) is 11.4 Å². The summed E-state index contributed by atoms with van der Waals surface area (Å²) >= 11 is 1.96. The van der Waals surface area contributed by atoms with Gasteiger partial charge in [0, 0.05) is 22.1 Å². The van der Waals surface area contributed by atoms with E-state index < -0.39 is 23.6 Å². The number of amides is 1. The van der Waals surface area contributed by atoms with E-state index in [2.05, 4.69) is 10.6 Å². The molecular weight excluding hydrogens is 507 g/mol. The molecule has 1 aliphatic heterocycles. The fraction of sp³-hybridized carbons (Fsp3) is 0.333. The molecule has 2 atom stereocenters. The van der Waals surface area contributed by atoms with E-state index in [1.54, 1.807) is 6.07 Å². The first-order chi connectivity index (χ1) is 14.3. The Morgan fingerprint density at radius 2 is 2.03 bits per heavy atom. The van der Waals surface area contributed by atoms with Gasteiger partial charge in [-0.25, -0.2) is 8.78 Å². The van der Waals surface area contributed by atoms with E-state index in [-0.39, 0.29) is 34.4 Å². The molecule has 2 aromatic carbocycles. The van der Waals surface area contributed by atoms with Crippen LogP contribution in [0.25, 0.3) is 0 Å². The third kappa shape index (κ3) is 5.25. The van der Waals surface area contributed by atoms with Crippen LogP contribution in [0.4, 0.5) is 20.2 Å². The SMILES string of the molecule is CC(=O)C(Oc1cc(F)cc(Nc2ccc(I)cc2F)c1C(N)=O)C1CCCNC1. The largest absolute Gasteiger partial charge is 0.481 e. The molecule has 9 heteroatoms. The second kappa shape index (κ2) is 9.69. The van der Waals surface area contributed by atoms with Gasteiger partial charge in [0.25, 0.3) is 5.91 Å². The van der Waals surface area contributed by atoms with Gasteiger partial charge < -0.3 is 21.1 Å². The van der Waals surface area contributed by atoms with Crippen molar-refractivity contribution in [2.24, 2.45) is 11.7 Å². The molecule has 0 spiro atoms. The highest BCUT2D eigenvalue weighted by atomic mass is 127. The summed E-state index contributed by atoms with van der Waals surface area (Å²) in [5.41, 5.74) is 5.40. The van der Waals surface area contributed by atoms with E-state index in [4.69, 9.17) is 10.5 Å². The average molecular weight is 529 g/mol. The van der Waals surface area contributed by atoms with Gasteiger partial charge in [0.15, 0.2) is 11.9 Å². The van der Waals surface area contributed by atoms with E-state index in [9.17, 15) is 18.4 Å². The molecule has 0 aliphatic carbocycles. The van der Waals surface area contributed by atoms with Crippen LogP contribution in [0.15, 0.2) is 30.3 Å². The average Bonchev–Trinajstić information content (AvgIpc) is 2.68. The number of carbonyl (C=O) groups excluding carboxylic acids is 2. The number of hydrogen-bond donors (Lipinski definition) is 3. The Morgan fingerprint density at radius 1 is 1.27 bits per heavy atom. The van der Waals surface area contributed by atoms with Crippen molar-refractivity contribution >= 4 is 45.7 Å². The van der Waals surface area contributed by atoms with E-state index in [0.29, 0.717) is 10.1 Å². The number of Topliss-reactive ketones (excluding diaryl/α,β-unsaturated/α-hetero) is 1. The number of nitrogens with one attached hydrogen (secondary N) is 2. The number of ether oxygens (including phenoxy) is 1. The van der Waals surface area contributed by atoms with Crippen molar-refractivity contribution in [3.8, 4) is 5.75 Å². The molecule has 6 nitrogen and oxygen atoms in total. The number of benzene rings is 2. The van der Waals surface area contributed by atoms with Gasteiger partial charge in [-0.2, -0.15) is 0 Å². The zero-order valence-electron chi connectivity index (χ0n) is 16.3. The number of nitrogens with two attached hydrogens (primary N) is 1. The maximum Gasteiger partial charge on any atom is 0.254 e. The Kier molecular flexibility index (Phi) is 7.24. The van der Waals surface area contributed by atoms with Crippen LogP contribution in [0.1, 0.15) is 30.1 Å². The van der Waals surface area contributed by atoms with Gasteiger partial charge >= 0.3 is 0 Å². The van der Waals surface area contributed by atoms with E-state index in [1.165, 1.54) is 19.1 Å². The molecule has 0 bridgehead atoms. The fourth-order valence-corrected chi connectivity index (χ4v) is 4.00. The van der Waals surface area contributed by atoms with Gasteiger partial charge in [-0.3, -0.25) is 9.59 Å². The minimum absolute atomic E-state index is 0.0401. The summed E-state index contributed by atoms with van der Waals surface area (Å²) in [5.74, 6) is -2.68. The highest BCUT2D eigenvalue weighted by Gasteiger charge is 2.31. The molecule has 1 fully saturated rings. The predicted octanol–water partition coefficient (Wildman–Crippen LogP) is 3.75. The maximum absolute atomic E-state index is 14.4. The number of carbonyl (C=O) groups is 2. The molecule has 30 heavy (non-hydrogen) atoms. The first-order valence-corrected chi connectivity index (χ1v) is 10.6. The third-order valence-corrected chi connectivity index (χ3v) is 5.60. The Balaban J connectivity index is 1.99. The summed E-state index contributed by atoms with van der Waals surface area (Å²) in [6.45, 7) is 2.82. The van der Waals surface area contributed by atoms with Crippen molar-refractivity contribution in [3.05, 3.63) is 51.1 Å². The molecule has 1 aliphatic rings. The lowest BCUT2D eigenvalue weighted by Crippen LogP contribution is -2.43. The normalized spacial score (nSPS) is 17.3. The summed E-state index contributed by atoms with van der Waals surface area (Å²) in [6, 6.07) is 6.48. The molecule has 2 aromatic rings. The van der Waals surface area contributed by atoms with Gasteiger partial charge in [0.2, 0.25) is 0 Å². The van der Waals surface area contributed by atoms with E-state index in [1.807, 2.05) is 22.6 Å². The number of anilines is 2. The van der Waals surface area contributed by atoms with Crippen molar-refractivity contribution in [1.82, 2.24) is 5.32 Å². The molecule has 0 radical (unpaired) electrons. The quantitative estimate of drug-likeness (QED) is 0.476. The van der Waals surface area contributed by atoms with Crippen LogP contribution in [0, 0.1) is 21.1 Å². The molecule has 160 valence electrons. The summed E-state index contributed by atoms with van der Waals surface area (Å²) in [4.78, 5) is 24.4. The van der Waals surface area contributed by atoms with Crippen LogP contribution in [0.5, 0.6) is 5.75 Å². The van der Waals surface area contributed by atoms with Crippen molar-refractivity contribution in [1.29, 1.82) is 0 Å². The number of primary amides is 1. The summed E-state index contributed by atoms with van der Waals surface area (Å²) in [7, 11) is 0. The lowest BCUT2D eigenvalue weighted by atomic mass is 9.91. The molecule has 2 unspecified atom stereocenters. The minimum atomic E-state index is -0.887. The first-order valence-electron chi connectivity index (χ1n) is 9.49. The van der Waals surface area contributed by atoms with Crippen LogP contribution in [-0.4, -0.2) is 30.9 Å². The van der Waals surface area contributed by atoms with Crippen molar-refractivity contribution in [3.63, 3.8) is 0 Å². The molecule has 0 aromatic heterocycles. The molecule has 4 N–H and O–H groups in total.